The molecule has 0 spiro atoms. The minimum atomic E-state index is 0. The molecular formula is C4H11BrO2Sn. The molecule has 0 aromatic rings. The molecule has 8 heavy (non-hydrogen) atoms. The molecule has 0 heterocycles. The third-order valence-electron chi connectivity index (χ3n) is 0.530. The molecule has 0 bridgehead atoms. The van der Waals surface area contributed by atoms with Gasteiger partial charge in [0.05, 0.1) is 0 Å². The van der Waals surface area contributed by atoms with E-state index in [-0.39, 0.29) is 27.9 Å². The smallest absolute Gasteiger partial charge is 0.870 e. The van der Waals surface area contributed by atoms with Crippen LogP contribution in [-0.2, 0) is 0 Å². The Morgan fingerprint density at radius 2 is 1.62 bits per heavy atom. The van der Waals surface area contributed by atoms with Gasteiger partial charge in [-0.2, -0.15) is 0 Å². The largest absolute Gasteiger partial charge is 1.00 e. The monoisotopic (exact) mass is 290 g/mol. The SMILES string of the molecule is CCC[CH2][Sn+3].[Br-].[OH-].[OH-]. The van der Waals surface area contributed by atoms with Crippen LogP contribution >= 0.6 is 0 Å². The Morgan fingerprint density at radius 3 is 1.62 bits per heavy atom. The molecule has 2 nitrogen and oxygen atoms in total. The standard InChI is InChI=1S/C4H9.BrH.2H2O.Sn/c1-3-4-2;;;;/h1,3-4H2,2H3;1H;2*1H2;/q;;;;+3/p-3. The van der Waals surface area contributed by atoms with E-state index in [9.17, 15) is 0 Å². The summed E-state index contributed by atoms with van der Waals surface area (Å²) in [5.41, 5.74) is 0. The fourth-order valence-electron chi connectivity index (χ4n) is 0.177. The normalized spacial score (nSPS) is 5.38. The van der Waals surface area contributed by atoms with Crippen LogP contribution in [0.1, 0.15) is 19.8 Å². The molecule has 0 saturated heterocycles. The summed E-state index contributed by atoms with van der Waals surface area (Å²) in [5, 5.41) is 0. The van der Waals surface area contributed by atoms with Crippen LogP contribution in [-0.4, -0.2) is 33.5 Å². The number of rotatable bonds is 2. The van der Waals surface area contributed by atoms with Crippen LogP contribution in [0.15, 0.2) is 0 Å². The second kappa shape index (κ2) is 24.1. The van der Waals surface area contributed by atoms with Crippen LogP contribution in [0.4, 0.5) is 0 Å². The zero-order valence-corrected chi connectivity index (χ0v) is 9.33. The topological polar surface area (TPSA) is 60.0 Å². The average molecular weight is 290 g/mol. The number of unbranched alkanes of at least 4 members (excludes halogenated alkanes) is 1. The third kappa shape index (κ3) is 27.0. The molecule has 0 aliphatic carbocycles. The van der Waals surface area contributed by atoms with Crippen molar-refractivity contribution in [3.05, 3.63) is 0 Å². The zero-order chi connectivity index (χ0) is 4.12. The van der Waals surface area contributed by atoms with Crippen molar-refractivity contribution >= 4 is 22.5 Å². The Bertz CT molecular complexity index is 21.5. The van der Waals surface area contributed by atoms with E-state index in [0.717, 1.165) is 0 Å². The molecule has 0 aliphatic rings. The van der Waals surface area contributed by atoms with Gasteiger partial charge in [-0.15, -0.1) is 0 Å². The second-order valence-corrected chi connectivity index (χ2v) is 2.53. The molecule has 0 amide bonds. The van der Waals surface area contributed by atoms with Crippen LogP contribution in [0.3, 0.4) is 0 Å². The first-order valence-electron chi connectivity index (χ1n) is 2.06. The minimum Gasteiger partial charge on any atom is -1.00 e. The van der Waals surface area contributed by atoms with Crippen molar-refractivity contribution in [2.75, 3.05) is 0 Å². The molecule has 0 fully saturated rings. The minimum absolute atomic E-state index is 0. The van der Waals surface area contributed by atoms with E-state index in [2.05, 4.69) is 6.92 Å². The predicted molar refractivity (Wildman–Crippen MR) is 29.3 cm³/mol. The van der Waals surface area contributed by atoms with Crippen molar-refractivity contribution in [1.82, 2.24) is 0 Å². The molecule has 50 valence electrons. The molecule has 0 saturated carbocycles. The summed E-state index contributed by atoms with van der Waals surface area (Å²) in [5.74, 6) is 0. The number of halogens is 1. The molecular weight excluding hydrogens is 279 g/mol. The van der Waals surface area contributed by atoms with Crippen LogP contribution in [0, 0.1) is 0 Å². The molecule has 0 aromatic heterocycles. The molecule has 0 unspecified atom stereocenters. The van der Waals surface area contributed by atoms with E-state index >= 15 is 0 Å². The van der Waals surface area contributed by atoms with Gasteiger partial charge in [0.2, 0.25) is 0 Å². The molecule has 0 aromatic carbocycles. The number of hydrogen-bond acceptors (Lipinski definition) is 2. The summed E-state index contributed by atoms with van der Waals surface area (Å²) in [4.78, 5) is 0. The van der Waals surface area contributed by atoms with Gasteiger partial charge in [0.25, 0.3) is 0 Å². The fourth-order valence-corrected chi connectivity index (χ4v) is 1.19. The summed E-state index contributed by atoms with van der Waals surface area (Å²) in [6.45, 7) is 2.23. The van der Waals surface area contributed by atoms with Gasteiger partial charge in [0.1, 0.15) is 0 Å². The van der Waals surface area contributed by atoms with Gasteiger partial charge in [-0.1, -0.05) is 0 Å². The van der Waals surface area contributed by atoms with Gasteiger partial charge >= 0.3 is 46.7 Å². The first-order chi connectivity index (χ1) is 2.41. The Kier molecular flexibility index (Phi) is 68.9. The van der Waals surface area contributed by atoms with Gasteiger partial charge in [0, 0.05) is 0 Å². The first-order valence-corrected chi connectivity index (χ1v) is 4.08. The maximum atomic E-state index is 2.23. The van der Waals surface area contributed by atoms with E-state index in [1.54, 1.807) is 22.5 Å². The first kappa shape index (κ1) is 22.9. The maximum absolute atomic E-state index is 2.23. The van der Waals surface area contributed by atoms with Crippen molar-refractivity contribution in [2.24, 2.45) is 0 Å². The van der Waals surface area contributed by atoms with Gasteiger partial charge in [-0.25, -0.2) is 0 Å². The van der Waals surface area contributed by atoms with Crippen molar-refractivity contribution < 1.29 is 27.9 Å². The number of hydrogen-bond donors (Lipinski definition) is 0. The van der Waals surface area contributed by atoms with E-state index in [4.69, 9.17) is 0 Å². The van der Waals surface area contributed by atoms with Crippen LogP contribution < -0.4 is 17.0 Å². The van der Waals surface area contributed by atoms with E-state index in [1.165, 1.54) is 17.3 Å². The summed E-state index contributed by atoms with van der Waals surface area (Å²) in [6, 6.07) is 0. The Balaban J connectivity index is -0.0000000267. The predicted octanol–water partition coefficient (Wildman–Crippen LogP) is -1.98. The fraction of sp³-hybridized carbons (Fsp3) is 1.00. The van der Waals surface area contributed by atoms with Gasteiger partial charge in [-0.3, -0.25) is 0 Å². The summed E-state index contributed by atoms with van der Waals surface area (Å²) >= 11 is 1.68. The van der Waals surface area contributed by atoms with E-state index in [1.807, 2.05) is 0 Å². The summed E-state index contributed by atoms with van der Waals surface area (Å²) in [6.07, 6.45) is 2.80. The summed E-state index contributed by atoms with van der Waals surface area (Å²) < 4.78 is 1.43. The molecule has 0 atom stereocenters. The zero-order valence-electron chi connectivity index (χ0n) is 4.89. The van der Waals surface area contributed by atoms with Crippen molar-refractivity contribution in [2.45, 2.75) is 24.2 Å². The Hall–Kier alpha value is 1.20. The molecule has 0 aliphatic heterocycles. The van der Waals surface area contributed by atoms with Crippen LogP contribution in [0.5, 0.6) is 0 Å². The summed E-state index contributed by atoms with van der Waals surface area (Å²) in [7, 11) is 0. The molecule has 2 N–H and O–H groups in total. The van der Waals surface area contributed by atoms with Crippen LogP contribution in [0.25, 0.3) is 0 Å². The molecule has 0 rings (SSSR count). The Morgan fingerprint density at radius 1 is 1.25 bits per heavy atom. The van der Waals surface area contributed by atoms with Gasteiger partial charge in [-0.05, 0) is 0 Å². The quantitative estimate of drug-likeness (QED) is 0.554. The second-order valence-electron chi connectivity index (χ2n) is 1.10. The maximum Gasteiger partial charge on any atom is -0.870 e. The van der Waals surface area contributed by atoms with Gasteiger partial charge in [0.15, 0.2) is 0 Å². The Labute approximate surface area is 74.5 Å². The third-order valence-corrected chi connectivity index (χ3v) is 1.54. The van der Waals surface area contributed by atoms with Crippen molar-refractivity contribution in [1.29, 1.82) is 0 Å². The average Bonchev–Trinajstić information content (AvgIpc) is 1.41. The molecule has 0 radical (unpaired) electrons. The van der Waals surface area contributed by atoms with Crippen molar-refractivity contribution in [3.63, 3.8) is 0 Å². The van der Waals surface area contributed by atoms with Crippen molar-refractivity contribution in [3.8, 4) is 0 Å². The molecule has 4 heteroatoms. The van der Waals surface area contributed by atoms with E-state index < -0.39 is 0 Å². The van der Waals surface area contributed by atoms with Gasteiger partial charge < -0.3 is 27.9 Å². The van der Waals surface area contributed by atoms with E-state index in [0.29, 0.717) is 0 Å². The van der Waals surface area contributed by atoms with Crippen LogP contribution in [0.2, 0.25) is 4.44 Å².